The number of nitrogens with one attached hydrogen (secondary N) is 2. The van der Waals surface area contributed by atoms with Crippen LogP contribution in [-0.4, -0.2) is 103 Å². The van der Waals surface area contributed by atoms with Gasteiger partial charge in [0.2, 0.25) is 5.75 Å². The first-order valence-corrected chi connectivity index (χ1v) is 12.8. The summed E-state index contributed by atoms with van der Waals surface area (Å²) in [6.45, 7) is 8.90. The average molecular weight is 575 g/mol. The van der Waals surface area contributed by atoms with Gasteiger partial charge in [-0.25, -0.2) is 0 Å². The molecule has 2 aliphatic heterocycles. The molecule has 0 aliphatic carbocycles. The molecule has 0 bridgehead atoms. The monoisotopic (exact) mass is 573 g/mol. The Morgan fingerprint density at radius 3 is 2.11 bits per heavy atom. The number of piperazine rings is 1. The molecular formula is C27H41Cl2N3O6. The molecule has 0 saturated carbocycles. The third-order valence-corrected chi connectivity index (χ3v) is 7.02. The van der Waals surface area contributed by atoms with Gasteiger partial charge in [-0.2, -0.15) is 0 Å². The van der Waals surface area contributed by atoms with Crippen LogP contribution in [0.5, 0.6) is 23.0 Å². The van der Waals surface area contributed by atoms with Crippen LogP contribution in [0.4, 0.5) is 5.69 Å². The number of ether oxygens (including phenoxy) is 5. The molecule has 4 rings (SSSR count). The molecule has 2 fully saturated rings. The minimum absolute atomic E-state index is 0. The molecule has 214 valence electrons. The molecule has 3 N–H and O–H groups in total. The van der Waals surface area contributed by atoms with Crippen molar-refractivity contribution in [3.8, 4) is 23.0 Å². The molecule has 9 nitrogen and oxygen atoms in total. The van der Waals surface area contributed by atoms with Crippen LogP contribution >= 0.6 is 0 Å². The van der Waals surface area contributed by atoms with Crippen molar-refractivity contribution in [2.45, 2.75) is 12.6 Å². The van der Waals surface area contributed by atoms with Crippen LogP contribution in [0.1, 0.15) is 5.56 Å². The van der Waals surface area contributed by atoms with Gasteiger partial charge < -0.3 is 58.5 Å². The highest BCUT2D eigenvalue weighted by Gasteiger charge is 2.28. The van der Waals surface area contributed by atoms with Crippen molar-refractivity contribution in [1.29, 1.82) is 0 Å². The van der Waals surface area contributed by atoms with Crippen LogP contribution in [0.2, 0.25) is 0 Å². The van der Waals surface area contributed by atoms with Crippen molar-refractivity contribution in [2.75, 3.05) is 87.0 Å². The number of hydrogen-bond donors (Lipinski definition) is 3. The number of morpholine rings is 1. The molecule has 2 aromatic carbocycles. The van der Waals surface area contributed by atoms with E-state index in [0.29, 0.717) is 23.8 Å². The van der Waals surface area contributed by atoms with Gasteiger partial charge in [-0.1, -0.05) is 12.1 Å². The Morgan fingerprint density at radius 1 is 0.895 bits per heavy atom. The topological polar surface area (TPSA) is 78.5 Å². The summed E-state index contributed by atoms with van der Waals surface area (Å²) < 4.78 is 28.3. The van der Waals surface area contributed by atoms with Crippen LogP contribution < -0.4 is 53.6 Å². The molecule has 0 spiro atoms. The van der Waals surface area contributed by atoms with Crippen molar-refractivity contribution in [1.82, 2.24) is 4.90 Å². The second-order valence-corrected chi connectivity index (χ2v) is 9.44. The van der Waals surface area contributed by atoms with E-state index in [4.69, 9.17) is 23.7 Å². The summed E-state index contributed by atoms with van der Waals surface area (Å²) in [5.74, 6) is 2.70. The van der Waals surface area contributed by atoms with Gasteiger partial charge in [0.25, 0.3) is 0 Å². The first kappa shape index (κ1) is 32.2. The third-order valence-electron chi connectivity index (χ3n) is 7.02. The van der Waals surface area contributed by atoms with E-state index in [1.165, 1.54) is 15.5 Å². The Labute approximate surface area is 238 Å². The number of rotatable bonds is 11. The summed E-state index contributed by atoms with van der Waals surface area (Å²) in [6.07, 6.45) is -0.588. The quantitative estimate of drug-likeness (QED) is 0.247. The predicted molar refractivity (Wildman–Crippen MR) is 136 cm³/mol. The zero-order valence-electron chi connectivity index (χ0n) is 22.5. The number of hydrogen-bond acceptors (Lipinski definition) is 7. The maximum absolute atomic E-state index is 10.8. The molecule has 2 aliphatic rings. The highest BCUT2D eigenvalue weighted by atomic mass is 35.5. The summed E-state index contributed by atoms with van der Waals surface area (Å²) in [5, 5.41) is 10.8. The normalized spacial score (nSPS) is 20.4. The third kappa shape index (κ3) is 8.51. The molecule has 2 heterocycles. The molecule has 1 atom stereocenters. The van der Waals surface area contributed by atoms with E-state index < -0.39 is 6.10 Å². The summed E-state index contributed by atoms with van der Waals surface area (Å²) in [6, 6.07) is 12.2. The predicted octanol–water partition coefficient (Wildman–Crippen LogP) is -6.59. The van der Waals surface area contributed by atoms with Gasteiger partial charge in [0, 0.05) is 25.7 Å². The van der Waals surface area contributed by atoms with Crippen molar-refractivity contribution in [2.24, 2.45) is 0 Å². The highest BCUT2D eigenvalue weighted by molar-refractivity contribution is 5.54. The Morgan fingerprint density at radius 2 is 1.50 bits per heavy atom. The second-order valence-electron chi connectivity index (χ2n) is 9.44. The molecule has 38 heavy (non-hydrogen) atoms. The minimum Gasteiger partial charge on any atom is -1.00 e. The van der Waals surface area contributed by atoms with E-state index in [0.717, 1.165) is 70.3 Å². The Kier molecular flexibility index (Phi) is 13.7. The van der Waals surface area contributed by atoms with Gasteiger partial charge >= 0.3 is 0 Å². The van der Waals surface area contributed by atoms with Crippen molar-refractivity contribution in [3.63, 3.8) is 0 Å². The number of halogens is 2. The lowest BCUT2D eigenvalue weighted by atomic mass is 10.1. The van der Waals surface area contributed by atoms with Crippen molar-refractivity contribution >= 4 is 5.69 Å². The minimum atomic E-state index is -0.588. The van der Waals surface area contributed by atoms with E-state index >= 15 is 0 Å². The van der Waals surface area contributed by atoms with Gasteiger partial charge in [0.05, 0.1) is 34.5 Å². The van der Waals surface area contributed by atoms with E-state index in [2.05, 4.69) is 17.0 Å². The number of para-hydroxylation sites is 2. The number of methoxy groups -OCH3 is 3. The van der Waals surface area contributed by atoms with Crippen molar-refractivity contribution < 1.29 is 63.4 Å². The van der Waals surface area contributed by atoms with Crippen LogP contribution in [0.25, 0.3) is 0 Å². The number of quaternary nitrogens is 2. The summed E-state index contributed by atoms with van der Waals surface area (Å²) >= 11 is 0. The summed E-state index contributed by atoms with van der Waals surface area (Å²) in [4.78, 5) is 5.15. The fraction of sp³-hybridized carbons (Fsp3) is 0.556. The molecule has 1 unspecified atom stereocenters. The summed E-state index contributed by atoms with van der Waals surface area (Å²) in [5.41, 5.74) is 2.30. The molecule has 2 aromatic rings. The van der Waals surface area contributed by atoms with E-state index in [-0.39, 0.29) is 31.4 Å². The van der Waals surface area contributed by atoms with Crippen LogP contribution in [0.3, 0.4) is 0 Å². The second kappa shape index (κ2) is 16.2. The first-order valence-electron chi connectivity index (χ1n) is 12.8. The number of benzene rings is 2. The fourth-order valence-electron chi connectivity index (χ4n) is 5.07. The van der Waals surface area contributed by atoms with Crippen LogP contribution in [0, 0.1) is 0 Å². The first-order chi connectivity index (χ1) is 17.6. The number of aliphatic hydroxyl groups excluding tert-OH is 1. The van der Waals surface area contributed by atoms with Gasteiger partial charge in [-0.3, -0.25) is 9.80 Å². The molecule has 0 amide bonds. The summed E-state index contributed by atoms with van der Waals surface area (Å²) in [7, 11) is 4.98. The lowest BCUT2D eigenvalue weighted by molar-refractivity contribution is -0.988. The number of aliphatic hydroxyl groups is 1. The standard InChI is InChI=1S/C27H39N3O6.2ClH/c1-32-24-7-5-4-6-23(24)30-10-8-28(9-11-30)19-22(31)20-36-27-25(33-2)16-21(17-26(27)34-3)18-29-12-14-35-15-13-29;;/h4-7,16-17,22,31H,8-15,18-20H2,1-3H3;2*1H. The van der Waals surface area contributed by atoms with Crippen molar-refractivity contribution in [3.05, 3.63) is 42.0 Å². The van der Waals surface area contributed by atoms with Gasteiger partial charge in [-0.05, 0) is 23.8 Å². The Bertz CT molecular complexity index is 947. The molecule has 11 heteroatoms. The molecule has 0 aromatic heterocycles. The Hall–Kier alpha value is -1.98. The van der Waals surface area contributed by atoms with E-state index in [1.54, 1.807) is 21.3 Å². The van der Waals surface area contributed by atoms with Gasteiger partial charge in [-0.15, -0.1) is 0 Å². The van der Waals surface area contributed by atoms with Gasteiger partial charge in [0.1, 0.15) is 45.4 Å². The zero-order chi connectivity index (χ0) is 25.3. The molecule has 0 radical (unpaired) electrons. The van der Waals surface area contributed by atoms with Gasteiger partial charge in [0.15, 0.2) is 22.9 Å². The van der Waals surface area contributed by atoms with Crippen LogP contribution in [-0.2, 0) is 11.3 Å². The maximum Gasteiger partial charge on any atom is 0.203 e. The fourth-order valence-corrected chi connectivity index (χ4v) is 5.07. The molecule has 2 saturated heterocycles. The average Bonchev–Trinajstić information content (AvgIpc) is 2.92. The van der Waals surface area contributed by atoms with E-state index in [1.807, 2.05) is 24.3 Å². The molecular weight excluding hydrogens is 533 g/mol. The maximum atomic E-state index is 10.8. The lowest BCUT2D eigenvalue weighted by Gasteiger charge is -2.31. The number of nitrogens with zero attached hydrogens (tertiary/aromatic N) is 1. The largest absolute Gasteiger partial charge is 1.00 e. The smallest absolute Gasteiger partial charge is 0.203 e. The van der Waals surface area contributed by atoms with E-state index in [9.17, 15) is 5.11 Å². The lowest BCUT2D eigenvalue weighted by Crippen LogP contribution is -3.26. The Balaban J connectivity index is 0.00000253. The highest BCUT2D eigenvalue weighted by Crippen LogP contribution is 2.39. The van der Waals surface area contributed by atoms with Crippen LogP contribution in [0.15, 0.2) is 36.4 Å². The SMILES string of the molecule is COc1ccccc1[NH+]1CC[NH+](CC(O)COc2c(OC)cc(CN3CCOCC3)cc2OC)CC1.[Cl-].[Cl-]. The zero-order valence-corrected chi connectivity index (χ0v) is 24.0.